The molecule has 0 saturated heterocycles. The van der Waals surface area contributed by atoms with Crippen LogP contribution in [0, 0.1) is 18.8 Å². The summed E-state index contributed by atoms with van der Waals surface area (Å²) in [5, 5.41) is 12.0. The van der Waals surface area contributed by atoms with Gasteiger partial charge in [0.25, 0.3) is 0 Å². The molecule has 0 aliphatic heterocycles. The topological polar surface area (TPSA) is 245 Å². The van der Waals surface area contributed by atoms with Crippen LogP contribution >= 0.6 is 0 Å². The highest BCUT2D eigenvalue weighted by Crippen LogP contribution is 2.29. The van der Waals surface area contributed by atoms with Gasteiger partial charge in [-0.15, -0.1) is 0 Å². The number of hydrogen-bond acceptors (Lipinski definition) is 13. The first-order valence-corrected chi connectivity index (χ1v) is 26.8. The lowest BCUT2D eigenvalue weighted by Gasteiger charge is -2.28. The molecule has 1 aliphatic carbocycles. The van der Waals surface area contributed by atoms with Gasteiger partial charge in [-0.2, -0.15) is 0 Å². The third-order valence-electron chi connectivity index (χ3n) is 12.7. The third kappa shape index (κ3) is 20.8. The molecule has 0 spiro atoms. The highest BCUT2D eigenvalue weighted by Gasteiger charge is 2.33. The van der Waals surface area contributed by atoms with E-state index in [0.717, 1.165) is 29.4 Å². The molecule has 1 fully saturated rings. The smallest absolute Gasteiger partial charge is 0.419 e. The Balaban J connectivity index is 1.28. The van der Waals surface area contributed by atoms with E-state index in [1.807, 2.05) is 49.4 Å². The number of fused-ring (bicyclic) bond motifs is 1. The van der Waals surface area contributed by atoms with Crippen LogP contribution in [0.3, 0.4) is 0 Å². The summed E-state index contributed by atoms with van der Waals surface area (Å²) in [6, 6.07) is 18.0. The lowest BCUT2D eigenvalue weighted by atomic mass is 9.81. The first kappa shape index (κ1) is 60.9. The summed E-state index contributed by atoms with van der Waals surface area (Å²) in [7, 11) is 0. The van der Waals surface area contributed by atoms with Crippen molar-refractivity contribution in [1.29, 1.82) is 0 Å². The van der Waals surface area contributed by atoms with Crippen LogP contribution in [0.5, 0.6) is 5.75 Å². The molecule has 1 aromatic heterocycles. The Morgan fingerprint density at radius 2 is 1.26 bits per heavy atom. The van der Waals surface area contributed by atoms with Crippen molar-refractivity contribution in [3.05, 3.63) is 101 Å². The number of amides is 4. The summed E-state index contributed by atoms with van der Waals surface area (Å²) in [6.45, 7) is 18.5. The van der Waals surface area contributed by atoms with Gasteiger partial charge in [-0.1, -0.05) is 60.2 Å². The van der Waals surface area contributed by atoms with Gasteiger partial charge < -0.3 is 50.7 Å². The minimum atomic E-state index is -1.27. The molecule has 4 amide bonds. The number of aromatic nitrogens is 1. The number of carbonyl (C=O) groups excluding carboxylic acids is 7. The van der Waals surface area contributed by atoms with E-state index in [4.69, 9.17) is 29.4 Å². The van der Waals surface area contributed by atoms with E-state index in [-0.39, 0.29) is 50.7 Å². The summed E-state index contributed by atoms with van der Waals surface area (Å²) < 4.78 is 29.8. The highest BCUT2D eigenvalue weighted by molar-refractivity contribution is 5.94. The van der Waals surface area contributed by atoms with Crippen molar-refractivity contribution in [3.63, 3.8) is 0 Å². The zero-order valence-corrected chi connectivity index (χ0v) is 46.7. The highest BCUT2D eigenvalue weighted by atomic mass is 16.6. The predicted octanol–water partition coefficient (Wildman–Crippen LogP) is 8.63. The molecular weight excluding hydrogens is 985 g/mol. The van der Waals surface area contributed by atoms with Gasteiger partial charge in [0.15, 0.2) is 0 Å². The Hall–Kier alpha value is -6.95. The van der Waals surface area contributed by atoms with Crippen molar-refractivity contribution in [3.8, 4) is 5.75 Å². The average molecular weight is 1070 g/mol. The Labute approximate surface area is 453 Å². The van der Waals surface area contributed by atoms with Gasteiger partial charge in [0, 0.05) is 36.9 Å². The van der Waals surface area contributed by atoms with Crippen LogP contribution in [0.4, 0.5) is 9.59 Å². The Morgan fingerprint density at radius 3 is 1.88 bits per heavy atom. The molecule has 420 valence electrons. The van der Waals surface area contributed by atoms with Crippen molar-refractivity contribution in [1.82, 2.24) is 25.8 Å². The van der Waals surface area contributed by atoms with Crippen molar-refractivity contribution in [2.24, 2.45) is 17.6 Å². The second-order valence-electron chi connectivity index (χ2n) is 22.9. The van der Waals surface area contributed by atoms with E-state index < -0.39 is 70.9 Å². The average Bonchev–Trinajstić information content (AvgIpc) is 3.73. The monoisotopic (exact) mass is 1070 g/mol. The van der Waals surface area contributed by atoms with Crippen molar-refractivity contribution < 1.29 is 57.2 Å². The molecular formula is C59H82N6O12. The van der Waals surface area contributed by atoms with Gasteiger partial charge in [-0.3, -0.25) is 19.0 Å². The second kappa shape index (κ2) is 27.9. The van der Waals surface area contributed by atoms with Crippen LogP contribution < -0.4 is 31.7 Å². The summed E-state index contributed by atoms with van der Waals surface area (Å²) in [5.74, 6) is -2.09. The second-order valence-corrected chi connectivity index (χ2v) is 22.9. The molecule has 3 atom stereocenters. The van der Waals surface area contributed by atoms with Crippen LogP contribution in [0.15, 0.2) is 79.0 Å². The van der Waals surface area contributed by atoms with Gasteiger partial charge in [0.05, 0.1) is 5.52 Å². The maximum absolute atomic E-state index is 14.2. The Kier molecular flexibility index (Phi) is 22.1. The Morgan fingerprint density at radius 1 is 0.662 bits per heavy atom. The van der Waals surface area contributed by atoms with Crippen LogP contribution in [-0.4, -0.2) is 94.4 Å². The van der Waals surface area contributed by atoms with Crippen molar-refractivity contribution in [2.75, 3.05) is 13.1 Å². The molecule has 18 nitrogen and oxygen atoms in total. The van der Waals surface area contributed by atoms with Crippen LogP contribution in [0.2, 0.25) is 0 Å². The lowest BCUT2D eigenvalue weighted by Crippen LogP contribution is -2.52. The van der Waals surface area contributed by atoms with Crippen molar-refractivity contribution in [2.45, 2.75) is 182 Å². The summed E-state index contributed by atoms with van der Waals surface area (Å²) in [6.07, 6.45) is 4.46. The number of rotatable bonds is 23. The van der Waals surface area contributed by atoms with Gasteiger partial charge in [0.2, 0.25) is 11.8 Å². The molecule has 1 saturated carbocycles. The summed E-state index contributed by atoms with van der Waals surface area (Å²) in [5.41, 5.74) is 7.57. The fraction of sp³-hybridized carbons (Fsp3) is 0.542. The van der Waals surface area contributed by atoms with Gasteiger partial charge >= 0.3 is 30.0 Å². The summed E-state index contributed by atoms with van der Waals surface area (Å²) >= 11 is 0. The largest absolute Gasteiger partial charge is 0.489 e. The normalized spacial score (nSPS) is 16.0. The van der Waals surface area contributed by atoms with Gasteiger partial charge in [-0.05, 0) is 168 Å². The number of hydrogen-bond donors (Lipinski definition) is 5. The molecule has 18 heteroatoms. The fourth-order valence-electron chi connectivity index (χ4n) is 8.73. The van der Waals surface area contributed by atoms with E-state index in [9.17, 15) is 33.6 Å². The number of para-hydroxylation sites is 1. The number of esters is 3. The first-order chi connectivity index (χ1) is 36.3. The quantitative estimate of drug-likeness (QED) is 0.0266. The molecule has 4 aromatic rings. The van der Waals surface area contributed by atoms with E-state index in [1.165, 1.54) is 4.57 Å². The number of urea groups is 1. The zero-order valence-electron chi connectivity index (χ0n) is 46.7. The van der Waals surface area contributed by atoms with Crippen molar-refractivity contribution >= 4 is 52.7 Å². The van der Waals surface area contributed by atoms with Gasteiger partial charge in [-0.25, -0.2) is 19.2 Å². The SMILES string of the molecule is Cc1ccc(COc2ccc(COC(=O)C(CCCCNC(=O)C(Cc3cn(C(=O)OC(C)(C)C)c4ccccc34)NC(=O)C3CCC(CN)CC3)NC(=O)NC(CCC(=O)OC(C)(C)C)C(=O)OC(C)(C)C)cc2)cc1. The van der Waals surface area contributed by atoms with E-state index in [2.05, 4.69) is 21.3 Å². The van der Waals surface area contributed by atoms with E-state index in [1.54, 1.807) is 98.8 Å². The van der Waals surface area contributed by atoms with Crippen LogP contribution in [0.25, 0.3) is 10.9 Å². The van der Waals surface area contributed by atoms with Crippen LogP contribution in [-0.2, 0) is 62.6 Å². The maximum Gasteiger partial charge on any atom is 0.419 e. The van der Waals surface area contributed by atoms with E-state index >= 15 is 0 Å². The zero-order chi connectivity index (χ0) is 56.5. The van der Waals surface area contributed by atoms with Crippen LogP contribution in [0.1, 0.15) is 142 Å². The van der Waals surface area contributed by atoms with E-state index in [0.29, 0.717) is 67.1 Å². The molecule has 0 bridgehead atoms. The standard InChI is InChI=1S/C59H82N6O12/c1-38-18-20-40(21-19-38)36-73-44-28-24-41(25-29-44)37-74-53(69)46(63-55(71)64-47(54(70)76-58(5,6)7)30-31-50(66)75-57(2,3)4)16-13-14-32-61-52(68)48(62-51(67)42-26-22-39(34-60)23-27-42)33-43-35-65(56(72)77-59(8,9)10)49-17-12-11-15-45(43)49/h11-12,15,17-21,24-25,28-29,35,39,42,46-48H,13-14,16,22-23,26-27,30-34,36-37,60H2,1-10H3,(H,61,68)(H,62,67)(H2,63,64,71). The number of nitrogens with one attached hydrogen (secondary N) is 4. The lowest BCUT2D eigenvalue weighted by molar-refractivity contribution is -0.158. The molecule has 1 heterocycles. The number of ether oxygens (including phenoxy) is 5. The molecule has 6 N–H and O–H groups in total. The number of nitrogens with two attached hydrogens (primary N) is 1. The number of unbranched alkanes of at least 4 members (excludes halogenated alkanes) is 1. The molecule has 77 heavy (non-hydrogen) atoms. The number of aryl methyl sites for hydroxylation is 1. The fourth-order valence-corrected chi connectivity index (χ4v) is 8.73. The molecule has 0 radical (unpaired) electrons. The third-order valence-corrected chi connectivity index (χ3v) is 12.7. The predicted molar refractivity (Wildman–Crippen MR) is 292 cm³/mol. The minimum Gasteiger partial charge on any atom is -0.489 e. The summed E-state index contributed by atoms with van der Waals surface area (Å²) in [4.78, 5) is 95.0. The Bertz CT molecular complexity index is 2620. The molecule has 3 unspecified atom stereocenters. The first-order valence-electron chi connectivity index (χ1n) is 26.8. The maximum atomic E-state index is 14.2. The molecule has 1 aliphatic rings. The number of carbonyl (C=O) groups is 7. The van der Waals surface area contributed by atoms with Gasteiger partial charge in [0.1, 0.15) is 53.9 Å². The molecule has 5 rings (SSSR count). The molecule has 3 aromatic carbocycles. The number of nitrogens with zero attached hydrogens (tertiary/aromatic N) is 1. The number of benzene rings is 3. The minimum absolute atomic E-state index is 0.0682.